The molecule has 0 radical (unpaired) electrons. The summed E-state index contributed by atoms with van der Waals surface area (Å²) in [6.07, 6.45) is 5.02. The monoisotopic (exact) mass is 401 g/mol. The van der Waals surface area contributed by atoms with Crippen molar-refractivity contribution in [2.75, 3.05) is 11.1 Å². The van der Waals surface area contributed by atoms with Crippen molar-refractivity contribution in [3.8, 4) is 0 Å². The molecule has 0 aliphatic heterocycles. The van der Waals surface area contributed by atoms with Gasteiger partial charge in [0.1, 0.15) is 0 Å². The topological polar surface area (TPSA) is 109 Å². The standard InChI is InChI=1S/C23H23N5O2/c24-19-5-1-2-6-21(19)27-22(29)17-7-9-18-16(12-17)8-10-20(18)28-23(30)26-14-15-4-3-11-25-13-15/h1-7,9,11-13,20H,8,10,14,24H2,(H,27,29)(H2,26,28,30). The van der Waals surface area contributed by atoms with Gasteiger partial charge in [-0.2, -0.15) is 0 Å². The van der Waals surface area contributed by atoms with E-state index in [9.17, 15) is 9.59 Å². The van der Waals surface area contributed by atoms with E-state index < -0.39 is 0 Å². The number of nitrogen functional groups attached to an aromatic ring is 1. The number of aryl methyl sites for hydroxylation is 1. The van der Waals surface area contributed by atoms with Crippen LogP contribution in [-0.2, 0) is 13.0 Å². The number of urea groups is 1. The number of benzene rings is 2. The van der Waals surface area contributed by atoms with Crippen LogP contribution in [0.15, 0.2) is 67.0 Å². The highest BCUT2D eigenvalue weighted by Crippen LogP contribution is 2.32. The van der Waals surface area contributed by atoms with Gasteiger partial charge in [-0.1, -0.05) is 24.3 Å². The summed E-state index contributed by atoms with van der Waals surface area (Å²) in [7, 11) is 0. The summed E-state index contributed by atoms with van der Waals surface area (Å²) in [5, 5.41) is 8.71. The lowest BCUT2D eigenvalue weighted by Crippen LogP contribution is -2.36. The first-order valence-corrected chi connectivity index (χ1v) is 9.82. The van der Waals surface area contributed by atoms with Gasteiger partial charge in [-0.25, -0.2) is 4.79 Å². The summed E-state index contributed by atoms with van der Waals surface area (Å²) in [6.45, 7) is 0.418. The zero-order chi connectivity index (χ0) is 20.9. The number of anilines is 2. The van der Waals surface area contributed by atoms with Gasteiger partial charge in [0.2, 0.25) is 0 Å². The van der Waals surface area contributed by atoms with Crippen molar-refractivity contribution in [3.05, 3.63) is 89.2 Å². The van der Waals surface area contributed by atoms with E-state index in [2.05, 4.69) is 20.9 Å². The number of rotatable bonds is 5. The number of aromatic nitrogens is 1. The lowest BCUT2D eigenvalue weighted by molar-refractivity contribution is 0.102. The molecule has 30 heavy (non-hydrogen) atoms. The summed E-state index contributed by atoms with van der Waals surface area (Å²) < 4.78 is 0. The van der Waals surface area contributed by atoms with Crippen molar-refractivity contribution in [2.24, 2.45) is 0 Å². The number of nitrogens with two attached hydrogens (primary N) is 1. The second-order valence-electron chi connectivity index (χ2n) is 7.23. The van der Waals surface area contributed by atoms with Crippen LogP contribution in [0.1, 0.15) is 39.5 Å². The minimum atomic E-state index is -0.224. The number of fused-ring (bicyclic) bond motifs is 1. The first kappa shape index (κ1) is 19.4. The number of para-hydroxylation sites is 2. The Morgan fingerprint density at radius 1 is 1.10 bits per heavy atom. The van der Waals surface area contributed by atoms with Crippen LogP contribution >= 0.6 is 0 Å². The first-order chi connectivity index (χ1) is 14.6. The summed E-state index contributed by atoms with van der Waals surface area (Å²) in [4.78, 5) is 28.9. The van der Waals surface area contributed by atoms with Gasteiger partial charge in [0, 0.05) is 24.5 Å². The Balaban J connectivity index is 1.38. The number of nitrogens with zero attached hydrogens (tertiary/aromatic N) is 1. The number of amides is 3. The van der Waals surface area contributed by atoms with E-state index in [0.29, 0.717) is 23.5 Å². The SMILES string of the molecule is Nc1ccccc1NC(=O)c1ccc2c(c1)CCC2NC(=O)NCc1cccnc1. The zero-order valence-electron chi connectivity index (χ0n) is 16.4. The normalized spacial score (nSPS) is 14.6. The molecule has 4 rings (SSSR count). The number of pyridine rings is 1. The molecule has 0 fully saturated rings. The molecular weight excluding hydrogens is 378 g/mol. The van der Waals surface area contributed by atoms with Crippen LogP contribution in [0, 0.1) is 0 Å². The average molecular weight is 401 g/mol. The summed E-state index contributed by atoms with van der Waals surface area (Å²) in [6, 6.07) is 16.2. The molecule has 3 aromatic rings. The second kappa shape index (κ2) is 8.65. The van der Waals surface area contributed by atoms with Crippen molar-refractivity contribution >= 4 is 23.3 Å². The molecule has 2 aromatic carbocycles. The molecule has 7 nitrogen and oxygen atoms in total. The van der Waals surface area contributed by atoms with Crippen molar-refractivity contribution < 1.29 is 9.59 Å². The van der Waals surface area contributed by atoms with E-state index in [1.807, 2.05) is 36.4 Å². The van der Waals surface area contributed by atoms with Gasteiger partial charge < -0.3 is 21.7 Å². The van der Waals surface area contributed by atoms with E-state index in [1.165, 1.54) is 0 Å². The minimum absolute atomic E-state index is 0.0734. The predicted octanol–water partition coefficient (Wildman–Crippen LogP) is 3.40. The highest BCUT2D eigenvalue weighted by atomic mass is 16.2. The molecule has 1 aliphatic rings. The fourth-order valence-electron chi connectivity index (χ4n) is 3.61. The number of hydrogen-bond donors (Lipinski definition) is 4. The Hall–Kier alpha value is -3.87. The van der Waals surface area contributed by atoms with Gasteiger partial charge in [0.25, 0.3) is 5.91 Å². The van der Waals surface area contributed by atoms with Crippen molar-refractivity contribution in [1.82, 2.24) is 15.6 Å². The lowest BCUT2D eigenvalue weighted by atomic mass is 10.0. The smallest absolute Gasteiger partial charge is 0.315 e. The zero-order valence-corrected chi connectivity index (χ0v) is 16.4. The van der Waals surface area contributed by atoms with Gasteiger partial charge in [-0.3, -0.25) is 9.78 Å². The quantitative estimate of drug-likeness (QED) is 0.491. The molecule has 1 unspecified atom stereocenters. The summed E-state index contributed by atoms with van der Waals surface area (Å²) in [5.74, 6) is -0.207. The average Bonchev–Trinajstić information content (AvgIpc) is 3.16. The van der Waals surface area contributed by atoms with Crippen LogP contribution in [0.25, 0.3) is 0 Å². The number of carbonyl (C=O) groups is 2. The maximum Gasteiger partial charge on any atom is 0.315 e. The Kier molecular flexibility index (Phi) is 5.61. The third-order valence-corrected chi connectivity index (χ3v) is 5.17. The van der Waals surface area contributed by atoms with Crippen LogP contribution in [0.4, 0.5) is 16.2 Å². The molecule has 1 atom stereocenters. The maximum atomic E-state index is 12.6. The van der Waals surface area contributed by atoms with Gasteiger partial charge in [0.05, 0.1) is 17.4 Å². The number of nitrogens with one attached hydrogen (secondary N) is 3. The highest BCUT2D eigenvalue weighted by Gasteiger charge is 2.25. The number of hydrogen-bond acceptors (Lipinski definition) is 4. The maximum absolute atomic E-state index is 12.6. The number of carbonyl (C=O) groups excluding carboxylic acids is 2. The van der Waals surface area contributed by atoms with E-state index in [-0.39, 0.29) is 18.0 Å². The van der Waals surface area contributed by atoms with Crippen molar-refractivity contribution in [3.63, 3.8) is 0 Å². The van der Waals surface area contributed by atoms with Crippen molar-refractivity contribution in [2.45, 2.75) is 25.4 Å². The van der Waals surface area contributed by atoms with E-state index >= 15 is 0 Å². The van der Waals surface area contributed by atoms with E-state index in [4.69, 9.17) is 5.73 Å². The first-order valence-electron chi connectivity index (χ1n) is 9.82. The van der Waals surface area contributed by atoms with Crippen LogP contribution in [0.3, 0.4) is 0 Å². The van der Waals surface area contributed by atoms with Gasteiger partial charge in [0.15, 0.2) is 0 Å². The third kappa shape index (κ3) is 4.41. The molecule has 0 saturated carbocycles. The summed E-state index contributed by atoms with van der Waals surface area (Å²) in [5.41, 5.74) is 10.6. The molecule has 152 valence electrons. The Labute approximate surface area is 174 Å². The Morgan fingerprint density at radius 3 is 2.77 bits per heavy atom. The molecular formula is C23H23N5O2. The van der Waals surface area contributed by atoms with Gasteiger partial charge in [-0.15, -0.1) is 0 Å². The van der Waals surface area contributed by atoms with Gasteiger partial charge in [-0.05, 0) is 59.9 Å². The Bertz CT molecular complexity index is 1070. The molecule has 1 heterocycles. The fraction of sp³-hybridized carbons (Fsp3) is 0.174. The molecule has 1 aromatic heterocycles. The Morgan fingerprint density at radius 2 is 1.97 bits per heavy atom. The molecule has 0 bridgehead atoms. The minimum Gasteiger partial charge on any atom is -0.397 e. The van der Waals surface area contributed by atoms with Crippen LogP contribution in [0.5, 0.6) is 0 Å². The predicted molar refractivity (Wildman–Crippen MR) is 116 cm³/mol. The molecule has 5 N–H and O–H groups in total. The molecule has 0 spiro atoms. The highest BCUT2D eigenvalue weighted by molar-refractivity contribution is 6.05. The molecule has 0 saturated heterocycles. The largest absolute Gasteiger partial charge is 0.397 e. The van der Waals surface area contributed by atoms with Crippen LogP contribution < -0.4 is 21.7 Å². The third-order valence-electron chi connectivity index (χ3n) is 5.17. The fourth-order valence-corrected chi connectivity index (χ4v) is 3.61. The van der Waals surface area contributed by atoms with Gasteiger partial charge >= 0.3 is 6.03 Å². The second-order valence-corrected chi connectivity index (χ2v) is 7.23. The molecule has 7 heteroatoms. The van der Waals surface area contributed by atoms with E-state index in [1.54, 1.807) is 30.6 Å². The van der Waals surface area contributed by atoms with Crippen LogP contribution in [-0.4, -0.2) is 16.9 Å². The lowest BCUT2D eigenvalue weighted by Gasteiger charge is -2.15. The molecule has 1 aliphatic carbocycles. The van der Waals surface area contributed by atoms with Crippen molar-refractivity contribution in [1.29, 1.82) is 0 Å². The van der Waals surface area contributed by atoms with Crippen LogP contribution in [0.2, 0.25) is 0 Å². The van der Waals surface area contributed by atoms with E-state index in [0.717, 1.165) is 29.5 Å². The summed E-state index contributed by atoms with van der Waals surface area (Å²) >= 11 is 0. The molecule has 3 amide bonds.